The quantitative estimate of drug-likeness (QED) is 0.783. The molecule has 0 amide bonds. The predicted molar refractivity (Wildman–Crippen MR) is 80.7 cm³/mol. The molecule has 0 saturated carbocycles. The summed E-state index contributed by atoms with van der Waals surface area (Å²) in [5, 5.41) is 23.1. The Balaban J connectivity index is 2.03. The van der Waals surface area contributed by atoms with Gasteiger partial charge in [-0.2, -0.15) is 0 Å². The standard InChI is InChI=1S/C17H23NO3/c1-9-12-5-3-4-6-13(12)10(2)16(19)15(9)14-7-11(8-18-14)17(20)21/h11,14,18-19H,3-8H2,1-2H3,(H,20,21). The van der Waals surface area contributed by atoms with Gasteiger partial charge in [-0.25, -0.2) is 0 Å². The van der Waals surface area contributed by atoms with Gasteiger partial charge in [0.05, 0.1) is 5.92 Å². The molecule has 1 aromatic carbocycles. The maximum atomic E-state index is 11.1. The molecular formula is C17H23NO3. The minimum absolute atomic E-state index is 0.0444. The first-order valence-corrected chi connectivity index (χ1v) is 7.80. The lowest BCUT2D eigenvalue weighted by molar-refractivity contribution is -0.141. The summed E-state index contributed by atoms with van der Waals surface area (Å²) in [5.74, 6) is -0.737. The highest BCUT2D eigenvalue weighted by atomic mass is 16.4. The summed E-state index contributed by atoms with van der Waals surface area (Å²) in [5.41, 5.74) is 5.78. The number of phenolic OH excluding ortho intramolecular Hbond substituents is 1. The molecule has 2 atom stereocenters. The van der Waals surface area contributed by atoms with Gasteiger partial charge in [-0.1, -0.05) is 0 Å². The average molecular weight is 289 g/mol. The van der Waals surface area contributed by atoms with Crippen molar-refractivity contribution in [2.24, 2.45) is 5.92 Å². The van der Waals surface area contributed by atoms with E-state index in [1.54, 1.807) is 0 Å². The van der Waals surface area contributed by atoms with Gasteiger partial charge >= 0.3 is 5.97 Å². The third-order valence-corrected chi connectivity index (χ3v) is 5.22. The Morgan fingerprint density at radius 3 is 2.33 bits per heavy atom. The van der Waals surface area contributed by atoms with Crippen LogP contribution in [0.5, 0.6) is 5.75 Å². The number of carboxylic acids is 1. The maximum absolute atomic E-state index is 11.1. The highest BCUT2D eigenvalue weighted by molar-refractivity contribution is 5.71. The molecule has 1 fully saturated rings. The summed E-state index contributed by atoms with van der Waals surface area (Å²) < 4.78 is 0. The van der Waals surface area contributed by atoms with Gasteiger partial charge in [-0.05, 0) is 68.2 Å². The normalized spacial score (nSPS) is 24.9. The molecule has 1 aliphatic heterocycles. The molecule has 1 aromatic rings. The van der Waals surface area contributed by atoms with Crippen molar-refractivity contribution in [2.45, 2.75) is 52.0 Å². The molecule has 1 saturated heterocycles. The molecule has 3 N–H and O–H groups in total. The maximum Gasteiger partial charge on any atom is 0.307 e. The largest absolute Gasteiger partial charge is 0.507 e. The number of benzene rings is 1. The van der Waals surface area contributed by atoms with Crippen molar-refractivity contribution in [3.63, 3.8) is 0 Å². The monoisotopic (exact) mass is 289 g/mol. The van der Waals surface area contributed by atoms with Crippen LogP contribution in [0.15, 0.2) is 0 Å². The summed E-state index contributed by atoms with van der Waals surface area (Å²) in [6.45, 7) is 4.55. The smallest absolute Gasteiger partial charge is 0.307 e. The number of hydrogen-bond donors (Lipinski definition) is 3. The van der Waals surface area contributed by atoms with Crippen molar-refractivity contribution in [3.8, 4) is 5.75 Å². The number of phenols is 1. The van der Waals surface area contributed by atoms with Gasteiger partial charge in [0.15, 0.2) is 0 Å². The lowest BCUT2D eigenvalue weighted by atomic mass is 9.81. The summed E-state index contributed by atoms with van der Waals surface area (Å²) in [6.07, 6.45) is 5.07. The van der Waals surface area contributed by atoms with Crippen LogP contribution in [0.2, 0.25) is 0 Å². The fourth-order valence-electron chi connectivity index (χ4n) is 3.99. The number of fused-ring (bicyclic) bond motifs is 1. The van der Waals surface area contributed by atoms with Crippen molar-refractivity contribution in [1.82, 2.24) is 5.32 Å². The van der Waals surface area contributed by atoms with Gasteiger partial charge in [0.2, 0.25) is 0 Å². The van der Waals surface area contributed by atoms with E-state index in [2.05, 4.69) is 12.2 Å². The van der Waals surface area contributed by atoms with Crippen LogP contribution in [-0.2, 0) is 17.6 Å². The first-order valence-electron chi connectivity index (χ1n) is 7.80. The Morgan fingerprint density at radius 2 is 1.76 bits per heavy atom. The van der Waals surface area contributed by atoms with Crippen molar-refractivity contribution in [2.75, 3.05) is 6.54 Å². The topological polar surface area (TPSA) is 69.6 Å². The van der Waals surface area contributed by atoms with Crippen LogP contribution in [0.4, 0.5) is 0 Å². The van der Waals surface area contributed by atoms with E-state index in [1.165, 1.54) is 24.0 Å². The molecule has 0 radical (unpaired) electrons. The number of aromatic hydroxyl groups is 1. The third kappa shape index (κ3) is 2.31. The summed E-state index contributed by atoms with van der Waals surface area (Å²) in [7, 11) is 0. The lowest BCUT2D eigenvalue weighted by Crippen LogP contribution is -2.19. The Labute approximate surface area is 125 Å². The van der Waals surface area contributed by atoms with Gasteiger partial charge in [0, 0.05) is 18.2 Å². The van der Waals surface area contributed by atoms with E-state index in [0.29, 0.717) is 18.7 Å². The molecular weight excluding hydrogens is 266 g/mol. The third-order valence-electron chi connectivity index (χ3n) is 5.22. The van der Waals surface area contributed by atoms with E-state index < -0.39 is 5.97 Å². The second-order valence-corrected chi connectivity index (χ2v) is 6.41. The number of carbonyl (C=O) groups is 1. The lowest BCUT2D eigenvalue weighted by Gasteiger charge is -2.26. The van der Waals surface area contributed by atoms with E-state index in [4.69, 9.17) is 5.11 Å². The molecule has 2 aliphatic rings. The number of nitrogens with one attached hydrogen (secondary N) is 1. The van der Waals surface area contributed by atoms with E-state index in [-0.39, 0.29) is 12.0 Å². The van der Waals surface area contributed by atoms with E-state index in [1.807, 2.05) is 6.92 Å². The van der Waals surface area contributed by atoms with Crippen LogP contribution >= 0.6 is 0 Å². The number of carboxylic acid groups (broad SMARTS) is 1. The number of rotatable bonds is 2. The van der Waals surface area contributed by atoms with Crippen LogP contribution < -0.4 is 5.32 Å². The zero-order valence-electron chi connectivity index (χ0n) is 12.7. The number of hydrogen-bond acceptors (Lipinski definition) is 3. The molecule has 0 spiro atoms. The summed E-state index contributed by atoms with van der Waals surface area (Å²) >= 11 is 0. The molecule has 21 heavy (non-hydrogen) atoms. The van der Waals surface area contributed by atoms with Crippen molar-refractivity contribution in [1.29, 1.82) is 0 Å². The van der Waals surface area contributed by atoms with Gasteiger partial charge in [-0.3, -0.25) is 4.79 Å². The molecule has 0 aromatic heterocycles. The first kappa shape index (κ1) is 14.4. The second-order valence-electron chi connectivity index (χ2n) is 6.41. The molecule has 2 unspecified atom stereocenters. The Morgan fingerprint density at radius 1 is 1.14 bits per heavy atom. The Hall–Kier alpha value is -1.55. The Kier molecular flexibility index (Phi) is 3.66. The fraction of sp³-hybridized carbons (Fsp3) is 0.588. The van der Waals surface area contributed by atoms with Crippen LogP contribution in [0.3, 0.4) is 0 Å². The predicted octanol–water partition coefficient (Wildman–Crippen LogP) is 2.62. The summed E-state index contributed by atoms with van der Waals surface area (Å²) in [4.78, 5) is 11.1. The Bertz CT molecular complexity index is 594. The van der Waals surface area contributed by atoms with Crippen molar-refractivity contribution >= 4 is 5.97 Å². The van der Waals surface area contributed by atoms with Crippen LogP contribution in [0.1, 0.15) is 53.1 Å². The molecule has 1 heterocycles. The van der Waals surface area contributed by atoms with E-state index >= 15 is 0 Å². The zero-order chi connectivity index (χ0) is 15.1. The van der Waals surface area contributed by atoms with E-state index in [0.717, 1.165) is 29.5 Å². The van der Waals surface area contributed by atoms with Gasteiger partial charge in [0.25, 0.3) is 0 Å². The molecule has 4 nitrogen and oxygen atoms in total. The molecule has 0 bridgehead atoms. The average Bonchev–Trinajstić information content (AvgIpc) is 2.95. The molecule has 114 valence electrons. The minimum Gasteiger partial charge on any atom is -0.507 e. The van der Waals surface area contributed by atoms with E-state index in [9.17, 15) is 9.90 Å². The fourth-order valence-corrected chi connectivity index (χ4v) is 3.99. The van der Waals surface area contributed by atoms with Crippen molar-refractivity contribution < 1.29 is 15.0 Å². The zero-order valence-corrected chi connectivity index (χ0v) is 12.7. The SMILES string of the molecule is Cc1c(O)c(C2CC(C(=O)O)CN2)c(C)c2c1CCCC2. The minimum atomic E-state index is -0.753. The van der Waals surface area contributed by atoms with Crippen LogP contribution in [-0.4, -0.2) is 22.7 Å². The van der Waals surface area contributed by atoms with Gasteiger partial charge < -0.3 is 15.5 Å². The van der Waals surface area contributed by atoms with Crippen LogP contribution in [0, 0.1) is 19.8 Å². The molecule has 4 heteroatoms. The molecule has 1 aliphatic carbocycles. The van der Waals surface area contributed by atoms with Crippen LogP contribution in [0.25, 0.3) is 0 Å². The second kappa shape index (κ2) is 5.34. The molecule has 3 rings (SSSR count). The first-order chi connectivity index (χ1) is 10.0. The highest BCUT2D eigenvalue weighted by Gasteiger charge is 2.34. The van der Waals surface area contributed by atoms with Crippen molar-refractivity contribution in [3.05, 3.63) is 27.8 Å². The van der Waals surface area contributed by atoms with Gasteiger partial charge in [0.1, 0.15) is 5.75 Å². The highest BCUT2D eigenvalue weighted by Crippen LogP contribution is 2.42. The van der Waals surface area contributed by atoms with Gasteiger partial charge in [-0.15, -0.1) is 0 Å². The summed E-state index contributed by atoms with van der Waals surface area (Å²) in [6, 6.07) is -0.0444. The number of aliphatic carboxylic acids is 1.